The van der Waals surface area contributed by atoms with Gasteiger partial charge in [0.2, 0.25) is 0 Å². The van der Waals surface area contributed by atoms with Crippen molar-refractivity contribution >= 4 is 5.69 Å². The van der Waals surface area contributed by atoms with E-state index in [0.717, 1.165) is 11.3 Å². The average Bonchev–Trinajstić information content (AvgIpc) is 2.93. The van der Waals surface area contributed by atoms with Crippen molar-refractivity contribution in [2.75, 3.05) is 0 Å². The number of aromatic nitrogens is 2. The van der Waals surface area contributed by atoms with Gasteiger partial charge in [-0.1, -0.05) is 6.07 Å². The third-order valence-electron chi connectivity index (χ3n) is 3.02. The first-order valence-electron chi connectivity index (χ1n) is 6.65. The highest BCUT2D eigenvalue weighted by atomic mass is 16.6. The quantitative estimate of drug-likeness (QED) is 0.651. The third-order valence-corrected chi connectivity index (χ3v) is 3.02. The van der Waals surface area contributed by atoms with E-state index in [2.05, 4.69) is 5.10 Å². The normalized spacial score (nSPS) is 10.9. The summed E-state index contributed by atoms with van der Waals surface area (Å²) in [5.74, 6) is 0.210. The molecule has 0 aliphatic carbocycles. The van der Waals surface area contributed by atoms with Crippen LogP contribution in [-0.4, -0.2) is 14.7 Å². The Balaban J connectivity index is 2.15. The second-order valence-electron chi connectivity index (χ2n) is 4.93. The highest BCUT2D eigenvalue weighted by molar-refractivity contribution is 5.48. The van der Waals surface area contributed by atoms with Crippen molar-refractivity contribution in [1.82, 2.24) is 9.78 Å². The molecule has 0 bridgehead atoms. The summed E-state index contributed by atoms with van der Waals surface area (Å²) in [5, 5.41) is 15.3. The maximum atomic E-state index is 11.0. The summed E-state index contributed by atoms with van der Waals surface area (Å²) in [4.78, 5) is 10.5. The van der Waals surface area contributed by atoms with Crippen LogP contribution in [0.4, 0.5) is 5.69 Å². The lowest BCUT2D eigenvalue weighted by molar-refractivity contribution is -0.386. The Labute approximate surface area is 122 Å². The summed E-state index contributed by atoms with van der Waals surface area (Å²) in [7, 11) is 0. The lowest BCUT2D eigenvalue weighted by Gasteiger charge is -2.07. The minimum Gasteiger partial charge on any atom is -0.480 e. The molecular weight excluding hydrogens is 272 g/mol. The Morgan fingerprint density at radius 2 is 2.19 bits per heavy atom. The van der Waals surface area contributed by atoms with Crippen molar-refractivity contribution in [2.45, 2.75) is 33.0 Å². The SMILES string of the molecule is CC(C)n1ccc(COc2cc(CN)ccc2[N+](=O)[O-])n1. The maximum absolute atomic E-state index is 11.0. The van der Waals surface area contributed by atoms with Crippen molar-refractivity contribution in [1.29, 1.82) is 0 Å². The molecular formula is C14H18N4O3. The summed E-state index contributed by atoms with van der Waals surface area (Å²) in [6, 6.07) is 6.72. The molecule has 1 aromatic heterocycles. The van der Waals surface area contributed by atoms with E-state index in [0.29, 0.717) is 6.54 Å². The summed E-state index contributed by atoms with van der Waals surface area (Å²) in [5.41, 5.74) is 6.97. The molecule has 0 aliphatic heterocycles. The number of hydrogen-bond acceptors (Lipinski definition) is 5. The van der Waals surface area contributed by atoms with Gasteiger partial charge in [0.25, 0.3) is 0 Å². The summed E-state index contributed by atoms with van der Waals surface area (Å²) < 4.78 is 7.36. The van der Waals surface area contributed by atoms with E-state index in [1.807, 2.05) is 30.8 Å². The van der Waals surface area contributed by atoms with Crippen molar-refractivity contribution in [3.05, 3.63) is 51.8 Å². The molecule has 0 spiro atoms. The van der Waals surface area contributed by atoms with Gasteiger partial charge in [-0.25, -0.2) is 0 Å². The molecule has 1 heterocycles. The lowest BCUT2D eigenvalue weighted by atomic mass is 10.2. The average molecular weight is 290 g/mol. The number of hydrogen-bond donors (Lipinski definition) is 1. The Kier molecular flexibility index (Phi) is 4.54. The van der Waals surface area contributed by atoms with Gasteiger partial charge in [-0.05, 0) is 31.5 Å². The predicted octanol–water partition coefficient (Wildman–Crippen LogP) is 2.41. The van der Waals surface area contributed by atoms with Crippen LogP contribution in [0.25, 0.3) is 0 Å². The number of ether oxygens (including phenoxy) is 1. The van der Waals surface area contributed by atoms with E-state index < -0.39 is 4.92 Å². The molecule has 0 saturated carbocycles. The zero-order valence-electron chi connectivity index (χ0n) is 12.0. The van der Waals surface area contributed by atoms with Crippen LogP contribution in [0.5, 0.6) is 5.75 Å². The molecule has 21 heavy (non-hydrogen) atoms. The van der Waals surface area contributed by atoms with Gasteiger partial charge in [-0.3, -0.25) is 14.8 Å². The second-order valence-corrected chi connectivity index (χ2v) is 4.93. The maximum Gasteiger partial charge on any atom is 0.310 e. The van der Waals surface area contributed by atoms with Crippen LogP contribution in [0.1, 0.15) is 31.1 Å². The van der Waals surface area contributed by atoms with Crippen LogP contribution in [-0.2, 0) is 13.2 Å². The summed E-state index contributed by atoms with van der Waals surface area (Å²) in [6.07, 6.45) is 1.86. The van der Waals surface area contributed by atoms with Gasteiger partial charge in [0.05, 0.1) is 10.6 Å². The molecule has 0 unspecified atom stereocenters. The highest BCUT2D eigenvalue weighted by Gasteiger charge is 2.16. The topological polar surface area (TPSA) is 96.2 Å². The monoisotopic (exact) mass is 290 g/mol. The largest absolute Gasteiger partial charge is 0.480 e. The molecule has 0 radical (unpaired) electrons. The van der Waals surface area contributed by atoms with E-state index in [4.69, 9.17) is 10.5 Å². The van der Waals surface area contributed by atoms with E-state index >= 15 is 0 Å². The van der Waals surface area contributed by atoms with Crippen LogP contribution in [0.2, 0.25) is 0 Å². The number of nitrogens with two attached hydrogens (primary N) is 1. The lowest BCUT2D eigenvalue weighted by Crippen LogP contribution is -2.05. The van der Waals surface area contributed by atoms with Crippen molar-refractivity contribution in [3.8, 4) is 5.75 Å². The Hall–Kier alpha value is -2.41. The van der Waals surface area contributed by atoms with Gasteiger partial charge < -0.3 is 10.5 Å². The number of rotatable bonds is 6. The van der Waals surface area contributed by atoms with Crippen molar-refractivity contribution in [3.63, 3.8) is 0 Å². The van der Waals surface area contributed by atoms with Crippen LogP contribution in [0.15, 0.2) is 30.5 Å². The van der Waals surface area contributed by atoms with Crippen LogP contribution in [0.3, 0.4) is 0 Å². The van der Waals surface area contributed by atoms with Crippen LogP contribution < -0.4 is 10.5 Å². The number of nitro groups is 1. The number of benzene rings is 1. The minimum atomic E-state index is -0.470. The molecule has 2 rings (SSSR count). The standard InChI is InChI=1S/C14H18N4O3/c1-10(2)17-6-5-12(16-17)9-21-14-7-11(8-15)3-4-13(14)18(19)20/h3-7,10H,8-9,15H2,1-2H3. The van der Waals surface area contributed by atoms with Crippen LogP contribution in [0, 0.1) is 10.1 Å². The van der Waals surface area contributed by atoms with Gasteiger partial charge in [-0.15, -0.1) is 0 Å². The molecule has 0 saturated heterocycles. The van der Waals surface area contributed by atoms with Gasteiger partial charge >= 0.3 is 5.69 Å². The molecule has 0 aliphatic rings. The Morgan fingerprint density at radius 3 is 2.76 bits per heavy atom. The van der Waals surface area contributed by atoms with Crippen LogP contribution >= 0.6 is 0 Å². The Bertz CT molecular complexity index is 637. The highest BCUT2D eigenvalue weighted by Crippen LogP contribution is 2.28. The van der Waals surface area contributed by atoms with E-state index in [-0.39, 0.29) is 24.1 Å². The first-order chi connectivity index (χ1) is 10.0. The minimum absolute atomic E-state index is 0.0736. The summed E-state index contributed by atoms with van der Waals surface area (Å²) >= 11 is 0. The van der Waals surface area contributed by atoms with Gasteiger partial charge in [0, 0.05) is 24.8 Å². The molecule has 7 heteroatoms. The zero-order chi connectivity index (χ0) is 15.4. The molecule has 112 valence electrons. The first-order valence-corrected chi connectivity index (χ1v) is 6.65. The molecule has 0 atom stereocenters. The number of nitrogens with zero attached hydrogens (tertiary/aromatic N) is 3. The molecule has 0 amide bonds. The Morgan fingerprint density at radius 1 is 1.43 bits per heavy atom. The zero-order valence-corrected chi connectivity index (χ0v) is 12.0. The predicted molar refractivity (Wildman–Crippen MR) is 77.9 cm³/mol. The van der Waals surface area contributed by atoms with Crippen molar-refractivity contribution < 1.29 is 9.66 Å². The molecule has 2 N–H and O–H groups in total. The fourth-order valence-corrected chi connectivity index (χ4v) is 1.85. The fourth-order valence-electron chi connectivity index (χ4n) is 1.85. The molecule has 2 aromatic rings. The second kappa shape index (κ2) is 6.36. The van der Waals surface area contributed by atoms with E-state index in [1.165, 1.54) is 6.07 Å². The molecule has 7 nitrogen and oxygen atoms in total. The first kappa shape index (κ1) is 15.0. The van der Waals surface area contributed by atoms with E-state index in [9.17, 15) is 10.1 Å². The van der Waals surface area contributed by atoms with Gasteiger partial charge in [0.1, 0.15) is 6.61 Å². The third kappa shape index (κ3) is 3.57. The molecule has 1 aromatic carbocycles. The van der Waals surface area contributed by atoms with Gasteiger partial charge in [-0.2, -0.15) is 5.10 Å². The van der Waals surface area contributed by atoms with Crippen molar-refractivity contribution in [2.24, 2.45) is 5.73 Å². The number of nitro benzene ring substituents is 1. The van der Waals surface area contributed by atoms with Gasteiger partial charge in [0.15, 0.2) is 5.75 Å². The van der Waals surface area contributed by atoms with E-state index in [1.54, 1.807) is 12.1 Å². The molecule has 0 fully saturated rings. The fraction of sp³-hybridized carbons (Fsp3) is 0.357. The summed E-state index contributed by atoms with van der Waals surface area (Å²) in [6.45, 7) is 4.52. The smallest absolute Gasteiger partial charge is 0.310 e.